The predicted octanol–water partition coefficient (Wildman–Crippen LogP) is 2.98. The number of aromatic amines is 1. The van der Waals surface area contributed by atoms with Gasteiger partial charge in [-0.1, -0.05) is 24.3 Å². The number of aliphatic hydroxyl groups is 1. The molecule has 2 unspecified atom stereocenters. The Morgan fingerprint density at radius 3 is 2.39 bits per heavy atom. The Labute approximate surface area is 179 Å². The highest BCUT2D eigenvalue weighted by Gasteiger charge is 2.38. The molecule has 0 radical (unpaired) electrons. The standard InChI is InChI=1S/C24H22N6O/c1-30-22(24-27-19-10-17-12-26-13-18(17)11-20(19)28-24)23(31)21(29-30)16-4-2-14(3-5-16)15-6-8-25-9-7-15/h2-11,22-23,26,31H,12-13H2,1H3,(H,27,28). The van der Waals surface area contributed by atoms with E-state index in [1.165, 1.54) is 11.1 Å². The van der Waals surface area contributed by atoms with Gasteiger partial charge in [-0.25, -0.2) is 4.98 Å². The molecule has 0 spiro atoms. The van der Waals surface area contributed by atoms with E-state index in [1.807, 2.05) is 43.4 Å². The molecular weight excluding hydrogens is 388 g/mol. The van der Waals surface area contributed by atoms with E-state index in [4.69, 9.17) is 4.98 Å². The molecule has 2 aromatic heterocycles. The molecule has 2 atom stereocenters. The summed E-state index contributed by atoms with van der Waals surface area (Å²) < 4.78 is 0. The number of rotatable bonds is 3. The average Bonchev–Trinajstić information content (AvgIpc) is 3.49. The molecule has 2 aliphatic heterocycles. The minimum absolute atomic E-state index is 0.352. The molecule has 3 N–H and O–H groups in total. The van der Waals surface area contributed by atoms with Gasteiger partial charge < -0.3 is 15.4 Å². The molecule has 0 amide bonds. The molecule has 4 heterocycles. The van der Waals surface area contributed by atoms with Gasteiger partial charge in [0.2, 0.25) is 0 Å². The van der Waals surface area contributed by atoms with Gasteiger partial charge >= 0.3 is 0 Å². The lowest BCUT2D eigenvalue weighted by atomic mass is 9.98. The third-order valence-electron chi connectivity index (χ3n) is 6.17. The van der Waals surface area contributed by atoms with Crippen LogP contribution in [0.2, 0.25) is 0 Å². The van der Waals surface area contributed by atoms with E-state index in [0.29, 0.717) is 5.71 Å². The molecule has 6 rings (SSSR count). The zero-order chi connectivity index (χ0) is 20.9. The predicted molar refractivity (Wildman–Crippen MR) is 119 cm³/mol. The Balaban J connectivity index is 1.29. The zero-order valence-corrected chi connectivity index (χ0v) is 17.1. The summed E-state index contributed by atoms with van der Waals surface area (Å²) in [6, 6.07) is 16.0. The first-order valence-electron chi connectivity index (χ1n) is 10.4. The Bertz CT molecular complexity index is 1250. The number of pyridine rings is 1. The molecule has 7 nitrogen and oxygen atoms in total. The van der Waals surface area contributed by atoms with Crippen molar-refractivity contribution in [2.24, 2.45) is 5.10 Å². The normalized spacial score (nSPS) is 20.3. The summed E-state index contributed by atoms with van der Waals surface area (Å²) in [5.74, 6) is 0.730. The van der Waals surface area contributed by atoms with Crippen LogP contribution in [0.15, 0.2) is 66.0 Å². The summed E-state index contributed by atoms with van der Waals surface area (Å²) in [6.45, 7) is 1.76. The first kappa shape index (κ1) is 18.2. The molecule has 0 bridgehead atoms. The molecule has 0 aliphatic carbocycles. The van der Waals surface area contributed by atoms with Crippen molar-refractivity contribution in [3.8, 4) is 11.1 Å². The Kier molecular flexibility index (Phi) is 4.12. The molecular formula is C24H22N6O. The fourth-order valence-corrected chi connectivity index (χ4v) is 4.54. The maximum Gasteiger partial charge on any atom is 0.136 e. The van der Waals surface area contributed by atoms with Gasteiger partial charge in [0.05, 0.1) is 16.7 Å². The summed E-state index contributed by atoms with van der Waals surface area (Å²) in [4.78, 5) is 12.3. The number of hydrazone groups is 1. The first-order valence-corrected chi connectivity index (χ1v) is 10.4. The van der Waals surface area contributed by atoms with Gasteiger partial charge in [0, 0.05) is 38.1 Å². The van der Waals surface area contributed by atoms with Crippen LogP contribution in [-0.4, -0.2) is 43.9 Å². The summed E-state index contributed by atoms with van der Waals surface area (Å²) in [5.41, 5.74) is 8.27. The topological polar surface area (TPSA) is 89.4 Å². The zero-order valence-electron chi connectivity index (χ0n) is 17.1. The van der Waals surface area contributed by atoms with Crippen LogP contribution in [0, 0.1) is 0 Å². The van der Waals surface area contributed by atoms with Crippen molar-refractivity contribution in [1.82, 2.24) is 25.3 Å². The maximum atomic E-state index is 11.2. The largest absolute Gasteiger partial charge is 0.384 e. The van der Waals surface area contributed by atoms with Crippen molar-refractivity contribution >= 4 is 16.7 Å². The summed E-state index contributed by atoms with van der Waals surface area (Å²) in [6.07, 6.45) is 2.80. The minimum atomic E-state index is -0.772. The van der Waals surface area contributed by atoms with Crippen LogP contribution in [0.3, 0.4) is 0 Å². The van der Waals surface area contributed by atoms with E-state index >= 15 is 0 Å². The van der Waals surface area contributed by atoms with Crippen molar-refractivity contribution in [3.05, 3.63) is 83.4 Å². The van der Waals surface area contributed by atoms with E-state index in [9.17, 15) is 5.11 Å². The number of fused-ring (bicyclic) bond motifs is 2. The fraction of sp³-hybridized carbons (Fsp3) is 0.208. The van der Waals surface area contributed by atoms with Crippen molar-refractivity contribution in [2.75, 3.05) is 7.05 Å². The lowest BCUT2D eigenvalue weighted by Gasteiger charge is -2.19. The molecule has 4 aromatic rings. The number of nitrogens with zero attached hydrogens (tertiary/aromatic N) is 4. The Hall–Kier alpha value is -3.55. The van der Waals surface area contributed by atoms with Crippen LogP contribution in [0.1, 0.15) is 28.6 Å². The molecule has 2 aliphatic rings. The summed E-state index contributed by atoms with van der Waals surface area (Å²) in [5, 5.41) is 21.0. The summed E-state index contributed by atoms with van der Waals surface area (Å²) >= 11 is 0. The van der Waals surface area contributed by atoms with Crippen molar-refractivity contribution in [3.63, 3.8) is 0 Å². The van der Waals surface area contributed by atoms with Gasteiger partial charge in [-0.3, -0.25) is 9.99 Å². The number of nitrogens with one attached hydrogen (secondary N) is 2. The molecule has 0 saturated carbocycles. The monoisotopic (exact) mass is 410 g/mol. The highest BCUT2D eigenvalue weighted by atomic mass is 16.3. The number of H-pyrrole nitrogens is 1. The van der Waals surface area contributed by atoms with E-state index < -0.39 is 6.10 Å². The van der Waals surface area contributed by atoms with Crippen LogP contribution in [-0.2, 0) is 13.1 Å². The van der Waals surface area contributed by atoms with Gasteiger partial charge in [-0.15, -0.1) is 0 Å². The van der Waals surface area contributed by atoms with Crippen molar-refractivity contribution in [2.45, 2.75) is 25.2 Å². The quantitative estimate of drug-likeness (QED) is 0.483. The number of aliphatic hydroxyl groups excluding tert-OH is 1. The number of hydrogen-bond acceptors (Lipinski definition) is 6. The van der Waals surface area contributed by atoms with Crippen molar-refractivity contribution < 1.29 is 5.11 Å². The van der Waals surface area contributed by atoms with E-state index in [2.05, 4.69) is 32.5 Å². The molecule has 7 heteroatoms. The SMILES string of the molecule is CN1N=C(c2ccc(-c3ccncc3)cc2)C(O)C1c1nc2cc3c(cc2[nH]1)CNC3. The van der Waals surface area contributed by atoms with Gasteiger partial charge in [0.15, 0.2) is 0 Å². The molecule has 31 heavy (non-hydrogen) atoms. The van der Waals surface area contributed by atoms with Gasteiger partial charge in [-0.2, -0.15) is 5.10 Å². The summed E-state index contributed by atoms with van der Waals surface area (Å²) in [7, 11) is 1.88. The third-order valence-corrected chi connectivity index (χ3v) is 6.17. The molecule has 154 valence electrons. The number of benzene rings is 2. The van der Waals surface area contributed by atoms with Crippen LogP contribution in [0.25, 0.3) is 22.2 Å². The van der Waals surface area contributed by atoms with Crippen LogP contribution in [0.4, 0.5) is 0 Å². The van der Waals surface area contributed by atoms with Gasteiger partial charge in [0.25, 0.3) is 0 Å². The number of imidazole rings is 1. The minimum Gasteiger partial charge on any atom is -0.384 e. The molecule has 0 fully saturated rings. The van der Waals surface area contributed by atoms with E-state index in [-0.39, 0.29) is 6.04 Å². The van der Waals surface area contributed by atoms with Crippen LogP contribution in [0.5, 0.6) is 0 Å². The highest BCUT2D eigenvalue weighted by molar-refractivity contribution is 6.05. The third kappa shape index (κ3) is 3.01. The second kappa shape index (κ2) is 7.01. The maximum absolute atomic E-state index is 11.2. The Morgan fingerprint density at radius 2 is 1.61 bits per heavy atom. The van der Waals surface area contributed by atoms with E-state index in [1.54, 1.807) is 17.4 Å². The van der Waals surface area contributed by atoms with Gasteiger partial charge in [-0.05, 0) is 46.5 Å². The lowest BCUT2D eigenvalue weighted by Crippen LogP contribution is -2.29. The van der Waals surface area contributed by atoms with E-state index in [0.717, 1.165) is 46.6 Å². The number of likely N-dealkylation sites (N-methyl/N-ethyl adjacent to an activating group) is 1. The van der Waals surface area contributed by atoms with Crippen LogP contribution >= 0.6 is 0 Å². The highest BCUT2D eigenvalue weighted by Crippen LogP contribution is 2.33. The lowest BCUT2D eigenvalue weighted by molar-refractivity contribution is 0.134. The molecule has 2 aromatic carbocycles. The number of hydrogen-bond donors (Lipinski definition) is 3. The molecule has 0 saturated heterocycles. The number of aromatic nitrogens is 3. The Morgan fingerprint density at radius 1 is 0.935 bits per heavy atom. The van der Waals surface area contributed by atoms with Crippen LogP contribution < -0.4 is 5.32 Å². The van der Waals surface area contributed by atoms with Gasteiger partial charge in [0.1, 0.15) is 18.0 Å². The average molecular weight is 410 g/mol. The first-order chi connectivity index (χ1) is 15.2. The smallest absolute Gasteiger partial charge is 0.136 e. The second-order valence-corrected chi connectivity index (χ2v) is 8.13. The van der Waals surface area contributed by atoms with Crippen molar-refractivity contribution in [1.29, 1.82) is 0 Å². The second-order valence-electron chi connectivity index (χ2n) is 8.13. The fourth-order valence-electron chi connectivity index (χ4n) is 4.54.